The van der Waals surface area contributed by atoms with Crippen molar-refractivity contribution >= 4 is 17.8 Å². The number of carbonyl (C=O) groups excluding carboxylic acids is 2. The molecule has 0 unspecified atom stereocenters. The molecule has 0 aliphatic carbocycles. The molecule has 0 aromatic rings. The van der Waals surface area contributed by atoms with Crippen LogP contribution in [-0.2, 0) is 38.1 Å². The summed E-state index contributed by atoms with van der Waals surface area (Å²) in [6.07, 6.45) is -24.8. The van der Waals surface area contributed by atoms with Crippen molar-refractivity contribution < 1.29 is 94.2 Å². The van der Waals surface area contributed by atoms with E-state index in [0.29, 0.717) is 0 Å². The molecular formula is C25H42N2O19. The highest BCUT2D eigenvalue weighted by Crippen LogP contribution is 2.35. The SMILES string of the molecule is CC(=O)N[C@H]1[C@H](O[C@H]2[C@H](O)[C@@H](O)[C@H](O)O[C@@H]2CO)O[C@H](CO[C@]2(C(=O)O)C[C@H](O)[C@@H](NC(C)=O)[C@H]([C@H](O)[C@H](O)CO)O2)[C@H](O)[C@@H]1O. The fourth-order valence-corrected chi connectivity index (χ4v) is 5.46. The Labute approximate surface area is 260 Å². The van der Waals surface area contributed by atoms with Crippen LogP contribution in [0.25, 0.3) is 0 Å². The molecule has 0 aromatic carbocycles. The van der Waals surface area contributed by atoms with Gasteiger partial charge in [0, 0.05) is 20.3 Å². The summed E-state index contributed by atoms with van der Waals surface area (Å²) in [4.78, 5) is 36.1. The zero-order valence-electron chi connectivity index (χ0n) is 24.7. The summed E-state index contributed by atoms with van der Waals surface area (Å²) in [7, 11) is 0. The van der Waals surface area contributed by atoms with Gasteiger partial charge in [-0.15, -0.1) is 0 Å². The Morgan fingerprint density at radius 3 is 2.02 bits per heavy atom. The normalized spacial score (nSPS) is 42.9. The van der Waals surface area contributed by atoms with Gasteiger partial charge < -0.3 is 90.5 Å². The number of carbonyl (C=O) groups is 3. The molecule has 266 valence electrons. The molecule has 3 aliphatic rings. The summed E-state index contributed by atoms with van der Waals surface area (Å²) in [5.41, 5.74) is 0. The number of aliphatic hydroxyl groups excluding tert-OH is 10. The first-order chi connectivity index (χ1) is 21.5. The molecule has 3 fully saturated rings. The average molecular weight is 675 g/mol. The predicted molar refractivity (Wildman–Crippen MR) is 142 cm³/mol. The van der Waals surface area contributed by atoms with E-state index in [2.05, 4.69) is 10.6 Å². The number of rotatable bonds is 12. The largest absolute Gasteiger partial charge is 0.477 e. The van der Waals surface area contributed by atoms with Crippen LogP contribution in [0.5, 0.6) is 0 Å². The maximum atomic E-state index is 12.5. The van der Waals surface area contributed by atoms with Gasteiger partial charge >= 0.3 is 5.97 Å². The number of carboxylic acids is 1. The lowest BCUT2D eigenvalue weighted by atomic mass is 9.88. The number of aliphatic carboxylic acids is 1. The van der Waals surface area contributed by atoms with Crippen molar-refractivity contribution in [1.29, 1.82) is 0 Å². The van der Waals surface area contributed by atoms with Crippen molar-refractivity contribution in [3.05, 3.63) is 0 Å². The van der Waals surface area contributed by atoms with E-state index in [-0.39, 0.29) is 0 Å². The van der Waals surface area contributed by atoms with E-state index in [4.69, 9.17) is 23.7 Å². The Balaban J connectivity index is 1.88. The van der Waals surface area contributed by atoms with E-state index in [0.717, 1.165) is 13.8 Å². The minimum atomic E-state index is -2.84. The van der Waals surface area contributed by atoms with Crippen LogP contribution in [-0.4, -0.2) is 191 Å². The van der Waals surface area contributed by atoms with Gasteiger partial charge in [-0.25, -0.2) is 4.79 Å². The quantitative estimate of drug-likeness (QED) is 0.0913. The highest BCUT2D eigenvalue weighted by atomic mass is 16.8. The summed E-state index contributed by atoms with van der Waals surface area (Å²) in [5.74, 6) is -6.18. The molecule has 3 heterocycles. The second kappa shape index (κ2) is 15.8. The molecule has 13 N–H and O–H groups in total. The fourth-order valence-electron chi connectivity index (χ4n) is 5.46. The topological polar surface area (TPSA) is 344 Å². The molecule has 21 nitrogen and oxygen atoms in total. The van der Waals surface area contributed by atoms with E-state index in [1.165, 1.54) is 0 Å². The van der Waals surface area contributed by atoms with E-state index >= 15 is 0 Å². The fraction of sp³-hybridized carbons (Fsp3) is 0.880. The third-order valence-corrected chi connectivity index (χ3v) is 7.87. The number of ether oxygens (including phenoxy) is 5. The molecule has 46 heavy (non-hydrogen) atoms. The number of amides is 2. The second-order valence-electron chi connectivity index (χ2n) is 11.3. The Morgan fingerprint density at radius 2 is 1.48 bits per heavy atom. The molecule has 0 radical (unpaired) electrons. The van der Waals surface area contributed by atoms with E-state index < -0.39 is 142 Å². The van der Waals surface area contributed by atoms with Crippen LogP contribution in [0, 0.1) is 0 Å². The minimum absolute atomic E-state index is 0.724. The molecule has 0 aromatic heterocycles. The molecule has 3 saturated heterocycles. The summed E-state index contributed by atoms with van der Waals surface area (Å²) >= 11 is 0. The molecular weight excluding hydrogens is 632 g/mol. The molecule has 0 bridgehead atoms. The van der Waals surface area contributed by atoms with Gasteiger partial charge in [0.05, 0.1) is 32.0 Å². The number of aliphatic hydroxyl groups is 10. The van der Waals surface area contributed by atoms with Crippen molar-refractivity contribution in [2.24, 2.45) is 0 Å². The molecule has 2 amide bonds. The van der Waals surface area contributed by atoms with E-state index in [9.17, 15) is 70.6 Å². The smallest absolute Gasteiger partial charge is 0.364 e. The maximum Gasteiger partial charge on any atom is 0.364 e. The van der Waals surface area contributed by atoms with E-state index in [1.54, 1.807) is 0 Å². The third-order valence-electron chi connectivity index (χ3n) is 7.87. The number of hydrogen-bond donors (Lipinski definition) is 13. The maximum absolute atomic E-state index is 12.5. The average Bonchev–Trinajstić information content (AvgIpc) is 2.99. The molecule has 0 spiro atoms. The van der Waals surface area contributed by atoms with Crippen LogP contribution >= 0.6 is 0 Å². The summed E-state index contributed by atoms with van der Waals surface area (Å²) in [6, 6.07) is -3.06. The van der Waals surface area contributed by atoms with Crippen LogP contribution in [0.4, 0.5) is 0 Å². The van der Waals surface area contributed by atoms with Crippen LogP contribution in [0.15, 0.2) is 0 Å². The van der Waals surface area contributed by atoms with Crippen molar-refractivity contribution in [3.63, 3.8) is 0 Å². The van der Waals surface area contributed by atoms with Crippen LogP contribution in [0.3, 0.4) is 0 Å². The van der Waals surface area contributed by atoms with Gasteiger partial charge in [-0.05, 0) is 0 Å². The van der Waals surface area contributed by atoms with Gasteiger partial charge in [0.15, 0.2) is 12.6 Å². The van der Waals surface area contributed by atoms with Gasteiger partial charge in [0.1, 0.15) is 67.1 Å². The van der Waals surface area contributed by atoms with Gasteiger partial charge in [-0.2, -0.15) is 0 Å². The standard InChI is InChI=1S/C25H42N2O19/c1-7(30)26-13-9(32)3-25(24(40)41,46-21(13)15(34)10(33)4-28)42-6-12-16(35)17(36)14(27-8(2)31)23(44-12)45-20-11(5-29)43-22(39)19(38)18(20)37/h9-23,28-29,32-39H,3-6H2,1-2H3,(H,26,30)(H,27,31)(H,40,41)/t9-,10+,11+,12+,13+,14+,15+,16-,17+,18+,19+,20+,21+,22+,23-,25+/m0/s1. The first kappa shape index (κ1) is 38.3. The van der Waals surface area contributed by atoms with Gasteiger partial charge in [0.25, 0.3) is 5.79 Å². The van der Waals surface area contributed by atoms with Crippen LogP contribution < -0.4 is 10.6 Å². The van der Waals surface area contributed by atoms with Gasteiger partial charge in [0.2, 0.25) is 11.8 Å². The molecule has 0 saturated carbocycles. The Bertz CT molecular complexity index is 1050. The summed E-state index contributed by atoms with van der Waals surface area (Å²) < 4.78 is 27.4. The van der Waals surface area contributed by atoms with Crippen molar-refractivity contribution in [3.8, 4) is 0 Å². The van der Waals surface area contributed by atoms with Gasteiger partial charge in [-0.1, -0.05) is 0 Å². The van der Waals surface area contributed by atoms with Crippen LogP contribution in [0.1, 0.15) is 20.3 Å². The zero-order valence-corrected chi connectivity index (χ0v) is 24.7. The Kier molecular flexibility index (Phi) is 13.1. The number of hydrogen-bond acceptors (Lipinski definition) is 18. The van der Waals surface area contributed by atoms with Crippen molar-refractivity contribution in [2.45, 2.75) is 118 Å². The first-order valence-corrected chi connectivity index (χ1v) is 14.2. The van der Waals surface area contributed by atoms with Crippen molar-refractivity contribution in [1.82, 2.24) is 10.6 Å². The summed E-state index contributed by atoms with van der Waals surface area (Å²) in [6.45, 7) is -0.725. The minimum Gasteiger partial charge on any atom is -0.477 e. The highest BCUT2D eigenvalue weighted by molar-refractivity contribution is 5.76. The zero-order chi connectivity index (χ0) is 34.7. The highest BCUT2D eigenvalue weighted by Gasteiger charge is 2.57. The lowest BCUT2D eigenvalue weighted by Gasteiger charge is -2.48. The third kappa shape index (κ3) is 8.26. The first-order valence-electron chi connectivity index (χ1n) is 14.2. The number of carboxylic acid groups (broad SMARTS) is 1. The Hall–Kier alpha value is -2.19. The number of nitrogens with one attached hydrogen (secondary N) is 2. The molecule has 21 heteroatoms. The lowest BCUT2D eigenvalue weighted by molar-refractivity contribution is -0.352. The van der Waals surface area contributed by atoms with Crippen molar-refractivity contribution in [2.75, 3.05) is 19.8 Å². The molecule has 16 atom stereocenters. The summed E-state index contributed by atoms with van der Waals surface area (Å²) in [5, 5.41) is 117. The molecule has 3 rings (SSSR count). The Morgan fingerprint density at radius 1 is 0.870 bits per heavy atom. The van der Waals surface area contributed by atoms with E-state index in [1.807, 2.05) is 0 Å². The second-order valence-corrected chi connectivity index (χ2v) is 11.3. The lowest BCUT2D eigenvalue weighted by Crippen LogP contribution is -2.69. The molecule has 3 aliphatic heterocycles. The van der Waals surface area contributed by atoms with Gasteiger partial charge in [-0.3, -0.25) is 9.59 Å². The van der Waals surface area contributed by atoms with Crippen LogP contribution in [0.2, 0.25) is 0 Å². The monoisotopic (exact) mass is 674 g/mol. The predicted octanol–water partition coefficient (Wildman–Crippen LogP) is -8.08.